The van der Waals surface area contributed by atoms with Crippen LogP contribution in [0.2, 0.25) is 0 Å². The molecule has 0 aromatic carbocycles. The predicted octanol–water partition coefficient (Wildman–Crippen LogP) is 3.92. The van der Waals surface area contributed by atoms with E-state index in [4.69, 9.17) is 9.72 Å². The molecule has 166 valence electrons. The van der Waals surface area contributed by atoms with E-state index in [0.29, 0.717) is 28.9 Å². The summed E-state index contributed by atoms with van der Waals surface area (Å²) in [6.07, 6.45) is 3.34. The summed E-state index contributed by atoms with van der Waals surface area (Å²) < 4.78 is 8.09. The lowest BCUT2D eigenvalue weighted by Gasteiger charge is -2.17. The Balaban J connectivity index is 1.41. The van der Waals surface area contributed by atoms with Gasteiger partial charge in [0.2, 0.25) is 5.88 Å². The molecule has 0 aliphatic carbocycles. The largest absolute Gasteiger partial charge is 0.465 e. The van der Waals surface area contributed by atoms with Crippen molar-refractivity contribution in [3.05, 3.63) is 69.8 Å². The van der Waals surface area contributed by atoms with Crippen molar-refractivity contribution in [3.8, 4) is 17.6 Å². The minimum Gasteiger partial charge on any atom is -0.465 e. The first-order valence-corrected chi connectivity index (χ1v) is 11.3. The van der Waals surface area contributed by atoms with Gasteiger partial charge in [-0.15, -0.1) is 11.3 Å². The van der Waals surface area contributed by atoms with Crippen LogP contribution in [-0.4, -0.2) is 43.0 Å². The molecule has 9 nitrogen and oxygen atoms in total. The van der Waals surface area contributed by atoms with Crippen molar-refractivity contribution in [1.29, 1.82) is 5.26 Å². The van der Waals surface area contributed by atoms with Crippen LogP contribution in [0.15, 0.2) is 42.2 Å². The summed E-state index contributed by atoms with van der Waals surface area (Å²) in [5, 5.41) is 15.8. The summed E-state index contributed by atoms with van der Waals surface area (Å²) in [5.41, 5.74) is 3.83. The summed E-state index contributed by atoms with van der Waals surface area (Å²) >= 11 is 1.60. The van der Waals surface area contributed by atoms with E-state index in [2.05, 4.69) is 38.3 Å². The molecule has 5 heterocycles. The summed E-state index contributed by atoms with van der Waals surface area (Å²) in [5.74, 6) is 1.70. The fourth-order valence-electron chi connectivity index (χ4n) is 3.72. The summed E-state index contributed by atoms with van der Waals surface area (Å²) in [4.78, 5) is 20.2. The van der Waals surface area contributed by atoms with Crippen molar-refractivity contribution >= 4 is 23.0 Å². The lowest BCUT2D eigenvalue weighted by atomic mass is 10.2. The second-order valence-corrected chi connectivity index (χ2v) is 8.90. The lowest BCUT2D eigenvalue weighted by molar-refractivity contribution is 0.159. The predicted molar refractivity (Wildman–Crippen MR) is 125 cm³/mol. The molecule has 0 radical (unpaired) electrons. The highest BCUT2D eigenvalue weighted by atomic mass is 32.1. The SMILES string of the molecule is Cc1cn(-c2ccc(Nc3ccc4c(n3)OC(c3nc(C)cs3)CN(C)C4)nc2C#N)cn1. The fraction of sp³-hybridized carbons (Fsp3) is 0.261. The molecule has 1 aliphatic rings. The first-order valence-electron chi connectivity index (χ1n) is 10.4. The maximum absolute atomic E-state index is 9.61. The average Bonchev–Trinajstić information content (AvgIpc) is 3.39. The highest BCUT2D eigenvalue weighted by Crippen LogP contribution is 2.32. The van der Waals surface area contributed by atoms with Crippen LogP contribution < -0.4 is 10.1 Å². The van der Waals surface area contributed by atoms with Crippen LogP contribution in [0, 0.1) is 25.2 Å². The maximum Gasteiger partial charge on any atom is 0.220 e. The highest BCUT2D eigenvalue weighted by Gasteiger charge is 2.26. The minimum absolute atomic E-state index is 0.182. The Bertz CT molecular complexity index is 1350. The number of anilines is 2. The molecule has 0 saturated carbocycles. The lowest BCUT2D eigenvalue weighted by Crippen LogP contribution is -2.24. The molecule has 4 aromatic heterocycles. The molecule has 0 saturated heterocycles. The first kappa shape index (κ1) is 21.1. The zero-order chi connectivity index (χ0) is 22.9. The Morgan fingerprint density at radius 2 is 1.94 bits per heavy atom. The number of aromatic nitrogens is 5. The summed E-state index contributed by atoms with van der Waals surface area (Å²) in [6, 6.07) is 9.71. The summed E-state index contributed by atoms with van der Waals surface area (Å²) in [6.45, 7) is 5.35. The number of likely N-dealkylation sites (N-methyl/N-ethyl adjacent to an activating group) is 1. The molecular weight excluding hydrogens is 436 g/mol. The maximum atomic E-state index is 9.61. The molecule has 4 aromatic rings. The van der Waals surface area contributed by atoms with Crippen LogP contribution in [0.25, 0.3) is 5.69 Å². The van der Waals surface area contributed by atoms with Gasteiger partial charge in [0.05, 0.1) is 17.7 Å². The van der Waals surface area contributed by atoms with Gasteiger partial charge in [-0.2, -0.15) is 10.2 Å². The number of nitriles is 1. The molecule has 0 spiro atoms. The molecule has 0 bridgehead atoms. The van der Waals surface area contributed by atoms with Gasteiger partial charge >= 0.3 is 0 Å². The third-order valence-electron chi connectivity index (χ3n) is 5.25. The van der Waals surface area contributed by atoms with E-state index < -0.39 is 0 Å². The van der Waals surface area contributed by atoms with E-state index in [1.165, 1.54) is 0 Å². The average molecular weight is 459 g/mol. The number of aryl methyl sites for hydroxylation is 2. The van der Waals surface area contributed by atoms with Crippen LogP contribution in [0.1, 0.15) is 33.8 Å². The monoisotopic (exact) mass is 458 g/mol. The molecule has 1 atom stereocenters. The van der Waals surface area contributed by atoms with Gasteiger partial charge in [0.25, 0.3) is 0 Å². The van der Waals surface area contributed by atoms with Gasteiger partial charge in [0, 0.05) is 35.9 Å². The van der Waals surface area contributed by atoms with Gasteiger partial charge in [-0.05, 0) is 45.2 Å². The van der Waals surface area contributed by atoms with E-state index in [1.54, 1.807) is 22.2 Å². The van der Waals surface area contributed by atoms with Crippen molar-refractivity contribution < 1.29 is 4.74 Å². The number of ether oxygens (including phenoxy) is 1. The van der Waals surface area contributed by atoms with Crippen molar-refractivity contribution in [2.75, 3.05) is 18.9 Å². The molecule has 0 amide bonds. The fourth-order valence-corrected chi connectivity index (χ4v) is 4.53. The molecule has 1 aliphatic heterocycles. The molecule has 5 rings (SSSR count). The van der Waals surface area contributed by atoms with Gasteiger partial charge in [0.1, 0.15) is 22.7 Å². The smallest absolute Gasteiger partial charge is 0.220 e. The van der Waals surface area contributed by atoms with Crippen molar-refractivity contribution in [2.24, 2.45) is 0 Å². The zero-order valence-corrected chi connectivity index (χ0v) is 19.3. The molecule has 0 fully saturated rings. The molecule has 33 heavy (non-hydrogen) atoms. The first-order chi connectivity index (χ1) is 16.0. The third kappa shape index (κ3) is 4.41. The van der Waals surface area contributed by atoms with Crippen LogP contribution in [0.3, 0.4) is 0 Å². The molecule has 1 N–H and O–H groups in total. The molecule has 10 heteroatoms. The second-order valence-electron chi connectivity index (χ2n) is 8.01. The Morgan fingerprint density at radius 3 is 2.67 bits per heavy atom. The number of rotatable bonds is 4. The normalized spacial score (nSPS) is 15.9. The minimum atomic E-state index is -0.182. The third-order valence-corrected chi connectivity index (χ3v) is 6.30. The van der Waals surface area contributed by atoms with Crippen LogP contribution in [0.5, 0.6) is 5.88 Å². The van der Waals surface area contributed by atoms with Crippen molar-refractivity contribution in [2.45, 2.75) is 26.5 Å². The van der Waals surface area contributed by atoms with E-state index in [0.717, 1.165) is 35.0 Å². The highest BCUT2D eigenvalue weighted by molar-refractivity contribution is 7.09. The number of hydrogen-bond donors (Lipinski definition) is 1. The van der Waals surface area contributed by atoms with E-state index in [1.807, 2.05) is 49.7 Å². The molecular formula is C23H22N8OS. The number of nitrogens with one attached hydrogen (secondary N) is 1. The number of nitrogens with zero attached hydrogens (tertiary/aromatic N) is 7. The number of imidazole rings is 1. The Morgan fingerprint density at radius 1 is 1.12 bits per heavy atom. The van der Waals surface area contributed by atoms with Crippen LogP contribution in [-0.2, 0) is 6.54 Å². The van der Waals surface area contributed by atoms with Crippen LogP contribution >= 0.6 is 11.3 Å². The Labute approximate surface area is 195 Å². The number of hydrogen-bond acceptors (Lipinski definition) is 9. The van der Waals surface area contributed by atoms with Crippen molar-refractivity contribution in [1.82, 2.24) is 29.4 Å². The number of fused-ring (bicyclic) bond motifs is 1. The number of thiazole rings is 1. The van der Waals surface area contributed by atoms with Crippen LogP contribution in [0.4, 0.5) is 11.6 Å². The van der Waals surface area contributed by atoms with Gasteiger partial charge < -0.3 is 14.6 Å². The van der Waals surface area contributed by atoms with Gasteiger partial charge in [-0.3, -0.25) is 4.90 Å². The Kier molecular flexibility index (Phi) is 5.50. The van der Waals surface area contributed by atoms with Gasteiger partial charge in [-0.1, -0.05) is 0 Å². The molecule has 1 unspecified atom stereocenters. The topological polar surface area (TPSA) is 105 Å². The quantitative estimate of drug-likeness (QED) is 0.491. The zero-order valence-electron chi connectivity index (χ0n) is 18.5. The Hall–Kier alpha value is -3.81. The van der Waals surface area contributed by atoms with Gasteiger partial charge in [-0.25, -0.2) is 15.0 Å². The van der Waals surface area contributed by atoms with E-state index in [9.17, 15) is 5.26 Å². The standard InChI is InChI=1S/C23H22N8OS/c1-14-9-31(13-25-14)18-5-7-20(27-17(18)8-24)28-21-6-4-16-10-30(3)11-19(32-22(16)29-21)23-26-15(2)12-33-23/h4-7,9,12-13,19H,10-11H2,1-3H3,(H,27,28,29). The van der Waals surface area contributed by atoms with Gasteiger partial charge in [0.15, 0.2) is 11.8 Å². The summed E-state index contributed by atoms with van der Waals surface area (Å²) in [7, 11) is 2.06. The van der Waals surface area contributed by atoms with Crippen molar-refractivity contribution in [3.63, 3.8) is 0 Å². The number of pyridine rings is 2. The van der Waals surface area contributed by atoms with E-state index in [-0.39, 0.29) is 6.10 Å². The second kappa shape index (κ2) is 8.61. The van der Waals surface area contributed by atoms with E-state index >= 15 is 0 Å².